The van der Waals surface area contributed by atoms with Gasteiger partial charge >= 0.3 is 0 Å². The summed E-state index contributed by atoms with van der Waals surface area (Å²) in [7, 11) is 0. The Morgan fingerprint density at radius 3 is 2.78 bits per heavy atom. The average molecular weight is 242 g/mol. The van der Waals surface area contributed by atoms with Gasteiger partial charge in [-0.2, -0.15) is 5.26 Å². The van der Waals surface area contributed by atoms with E-state index in [-0.39, 0.29) is 11.5 Å². The van der Waals surface area contributed by atoms with Gasteiger partial charge in [0.1, 0.15) is 17.4 Å². The van der Waals surface area contributed by atoms with Crippen LogP contribution in [0, 0.1) is 11.3 Å². The molecule has 0 saturated heterocycles. The Labute approximate surface area is 106 Å². The lowest BCUT2D eigenvalue weighted by atomic mass is 10.00. The van der Waals surface area contributed by atoms with Gasteiger partial charge in [0.25, 0.3) is 0 Å². The highest BCUT2D eigenvalue weighted by atomic mass is 16.5. The highest BCUT2D eigenvalue weighted by Gasteiger charge is 2.23. The van der Waals surface area contributed by atoms with Crippen LogP contribution in [-0.2, 0) is 4.79 Å². The molecule has 0 spiro atoms. The molecule has 0 atom stereocenters. The van der Waals surface area contributed by atoms with Crippen LogP contribution >= 0.6 is 0 Å². The molecule has 1 N–H and O–H groups in total. The summed E-state index contributed by atoms with van der Waals surface area (Å²) in [6.45, 7) is 5.30. The first-order valence-corrected chi connectivity index (χ1v) is 5.65. The molecule has 1 heterocycles. The van der Waals surface area contributed by atoms with E-state index in [1.54, 1.807) is 12.1 Å². The highest BCUT2D eigenvalue weighted by Crippen LogP contribution is 2.34. The number of carbonyl (C=O) groups is 1. The largest absolute Gasteiger partial charge is 0.483 e. The van der Waals surface area contributed by atoms with Gasteiger partial charge in [-0.1, -0.05) is 6.08 Å². The summed E-state index contributed by atoms with van der Waals surface area (Å²) < 4.78 is 5.79. The number of amides is 1. The Morgan fingerprint density at radius 1 is 1.44 bits per heavy atom. The summed E-state index contributed by atoms with van der Waals surface area (Å²) in [4.78, 5) is 11.1. The van der Waals surface area contributed by atoms with Crippen LogP contribution in [0.25, 0.3) is 6.08 Å². The summed E-state index contributed by atoms with van der Waals surface area (Å²) in [6.07, 6.45) is 3.87. The maximum Gasteiger partial charge on any atom is 0.221 e. The molecular formula is C14H14N2O2. The lowest BCUT2D eigenvalue weighted by Crippen LogP contribution is -2.27. The van der Waals surface area contributed by atoms with Crippen LogP contribution in [0.5, 0.6) is 5.75 Å². The van der Waals surface area contributed by atoms with Crippen LogP contribution in [0.4, 0.5) is 5.69 Å². The molecule has 1 amide bonds. The van der Waals surface area contributed by atoms with Crippen LogP contribution in [-0.4, -0.2) is 11.5 Å². The number of hydrogen-bond donors (Lipinski definition) is 1. The number of rotatable bonds is 1. The van der Waals surface area contributed by atoms with Gasteiger partial charge in [0.05, 0.1) is 11.3 Å². The van der Waals surface area contributed by atoms with Crippen molar-refractivity contribution in [2.24, 2.45) is 0 Å². The molecular weight excluding hydrogens is 228 g/mol. The summed E-state index contributed by atoms with van der Waals surface area (Å²) in [5.41, 5.74) is 1.38. The number of ether oxygens (including phenoxy) is 1. The molecule has 0 radical (unpaired) electrons. The van der Waals surface area contributed by atoms with Gasteiger partial charge in [-0.3, -0.25) is 4.79 Å². The number of nitrogens with zero attached hydrogens (tertiary/aromatic N) is 1. The van der Waals surface area contributed by atoms with Gasteiger partial charge in [0.15, 0.2) is 0 Å². The van der Waals surface area contributed by atoms with E-state index < -0.39 is 0 Å². The molecule has 1 aromatic carbocycles. The minimum absolute atomic E-state index is 0.211. The van der Waals surface area contributed by atoms with Crippen LogP contribution < -0.4 is 10.1 Å². The standard InChI is InChI=1S/C14H14N2O2/c1-9(17)16-12-7-13-10(6-11(12)8-15)4-5-14(2,3)18-13/h4-7H,1-3H3,(H,16,17). The van der Waals surface area contributed by atoms with Crippen molar-refractivity contribution in [2.75, 3.05) is 5.32 Å². The van der Waals surface area contributed by atoms with Crippen molar-refractivity contribution < 1.29 is 9.53 Å². The number of carbonyl (C=O) groups excluding carboxylic acids is 1. The monoisotopic (exact) mass is 242 g/mol. The lowest BCUT2D eigenvalue weighted by molar-refractivity contribution is -0.114. The predicted octanol–water partition coefficient (Wildman–Crippen LogP) is 2.70. The summed E-state index contributed by atoms with van der Waals surface area (Å²) in [5, 5.41) is 11.7. The maximum atomic E-state index is 11.1. The summed E-state index contributed by atoms with van der Waals surface area (Å²) >= 11 is 0. The van der Waals surface area contributed by atoms with Gasteiger partial charge < -0.3 is 10.1 Å². The number of nitrogens with one attached hydrogen (secondary N) is 1. The predicted molar refractivity (Wildman–Crippen MR) is 69.2 cm³/mol. The molecule has 1 aliphatic heterocycles. The van der Waals surface area contributed by atoms with Crippen molar-refractivity contribution in [2.45, 2.75) is 26.4 Å². The Kier molecular flexibility index (Phi) is 2.84. The molecule has 4 heteroatoms. The van der Waals surface area contributed by atoms with E-state index in [4.69, 9.17) is 10.00 Å². The van der Waals surface area contributed by atoms with Crippen molar-refractivity contribution in [1.29, 1.82) is 5.26 Å². The second kappa shape index (κ2) is 4.19. The van der Waals surface area contributed by atoms with E-state index in [0.717, 1.165) is 5.56 Å². The van der Waals surface area contributed by atoms with Gasteiger partial charge in [0.2, 0.25) is 5.91 Å². The fraction of sp³-hybridized carbons (Fsp3) is 0.286. The second-order valence-electron chi connectivity index (χ2n) is 4.77. The minimum Gasteiger partial charge on any atom is -0.483 e. The lowest BCUT2D eigenvalue weighted by Gasteiger charge is -2.28. The topological polar surface area (TPSA) is 62.1 Å². The molecule has 0 aliphatic carbocycles. The second-order valence-corrected chi connectivity index (χ2v) is 4.77. The van der Waals surface area contributed by atoms with E-state index in [0.29, 0.717) is 17.0 Å². The molecule has 1 aliphatic rings. The zero-order valence-electron chi connectivity index (χ0n) is 10.6. The van der Waals surface area contributed by atoms with Crippen molar-refractivity contribution in [3.05, 3.63) is 29.3 Å². The Morgan fingerprint density at radius 2 is 2.17 bits per heavy atom. The first-order valence-electron chi connectivity index (χ1n) is 5.65. The first kappa shape index (κ1) is 12.2. The van der Waals surface area contributed by atoms with Gasteiger partial charge in [0, 0.05) is 18.6 Å². The van der Waals surface area contributed by atoms with E-state index in [2.05, 4.69) is 11.4 Å². The third-order valence-electron chi connectivity index (χ3n) is 2.62. The van der Waals surface area contributed by atoms with Crippen LogP contribution in [0.2, 0.25) is 0 Å². The quantitative estimate of drug-likeness (QED) is 0.823. The smallest absolute Gasteiger partial charge is 0.221 e. The van der Waals surface area contributed by atoms with E-state index in [9.17, 15) is 4.79 Å². The molecule has 0 saturated carbocycles. The normalized spacial score (nSPS) is 15.2. The SMILES string of the molecule is CC(=O)Nc1cc2c(cc1C#N)C=CC(C)(C)O2. The van der Waals surface area contributed by atoms with Gasteiger partial charge in [-0.05, 0) is 26.0 Å². The van der Waals surface area contributed by atoms with Crippen LogP contribution in [0.15, 0.2) is 18.2 Å². The molecule has 0 bridgehead atoms. The van der Waals surface area contributed by atoms with Crippen molar-refractivity contribution in [3.63, 3.8) is 0 Å². The first-order chi connectivity index (χ1) is 8.41. The molecule has 2 rings (SSSR count). The zero-order chi connectivity index (χ0) is 13.3. The molecule has 0 aromatic heterocycles. The van der Waals surface area contributed by atoms with Gasteiger partial charge in [-0.25, -0.2) is 0 Å². The van der Waals surface area contributed by atoms with Crippen molar-refractivity contribution >= 4 is 17.7 Å². The van der Waals surface area contributed by atoms with E-state index >= 15 is 0 Å². The molecule has 1 aromatic rings. The molecule has 92 valence electrons. The van der Waals surface area contributed by atoms with Crippen LogP contribution in [0.1, 0.15) is 31.9 Å². The Hall–Kier alpha value is -2.28. The minimum atomic E-state index is -0.380. The van der Waals surface area contributed by atoms with Gasteiger partial charge in [-0.15, -0.1) is 0 Å². The van der Waals surface area contributed by atoms with E-state index in [1.165, 1.54) is 6.92 Å². The van der Waals surface area contributed by atoms with Crippen LogP contribution in [0.3, 0.4) is 0 Å². The van der Waals surface area contributed by atoms with Crippen molar-refractivity contribution in [3.8, 4) is 11.8 Å². The van der Waals surface area contributed by atoms with Crippen molar-refractivity contribution in [1.82, 2.24) is 0 Å². The Balaban J connectivity index is 2.50. The molecule has 0 fully saturated rings. The average Bonchev–Trinajstić information content (AvgIpc) is 2.26. The number of fused-ring (bicyclic) bond motifs is 1. The fourth-order valence-corrected chi connectivity index (χ4v) is 1.81. The number of anilines is 1. The zero-order valence-corrected chi connectivity index (χ0v) is 10.6. The number of hydrogen-bond acceptors (Lipinski definition) is 3. The third-order valence-corrected chi connectivity index (χ3v) is 2.62. The molecule has 4 nitrogen and oxygen atoms in total. The fourth-order valence-electron chi connectivity index (χ4n) is 1.81. The third kappa shape index (κ3) is 2.35. The molecule has 0 unspecified atom stereocenters. The Bertz CT molecular complexity index is 580. The highest BCUT2D eigenvalue weighted by molar-refractivity contribution is 5.91. The number of benzene rings is 1. The summed E-state index contributed by atoms with van der Waals surface area (Å²) in [6, 6.07) is 5.48. The molecule has 18 heavy (non-hydrogen) atoms. The number of nitriles is 1. The maximum absolute atomic E-state index is 11.1. The summed E-state index contributed by atoms with van der Waals surface area (Å²) in [5.74, 6) is 0.460. The van der Waals surface area contributed by atoms with E-state index in [1.807, 2.05) is 26.0 Å².